The lowest BCUT2D eigenvalue weighted by Crippen LogP contribution is -2.22. The third kappa shape index (κ3) is 3.94. The molecule has 3 nitrogen and oxygen atoms in total. The molecule has 0 amide bonds. The SMILES string of the molecule is CC(C)CNCCC(C)c1ccnn1-c1ccccc1. The molecule has 0 aliphatic carbocycles. The standard InChI is InChI=1S/C17H25N3/c1-14(2)13-18-11-9-15(3)17-10-12-19-20(17)16-7-5-4-6-8-16/h4-8,10,12,14-15,18H,9,11,13H2,1-3H3. The minimum Gasteiger partial charge on any atom is -0.316 e. The maximum Gasteiger partial charge on any atom is 0.0648 e. The van der Waals surface area contributed by atoms with E-state index in [0.717, 1.165) is 25.2 Å². The van der Waals surface area contributed by atoms with Crippen molar-refractivity contribution in [1.82, 2.24) is 15.1 Å². The van der Waals surface area contributed by atoms with E-state index >= 15 is 0 Å². The lowest BCUT2D eigenvalue weighted by Gasteiger charge is -2.15. The molecule has 108 valence electrons. The Balaban J connectivity index is 1.97. The quantitative estimate of drug-likeness (QED) is 0.780. The van der Waals surface area contributed by atoms with Crippen molar-refractivity contribution in [2.24, 2.45) is 5.92 Å². The van der Waals surface area contributed by atoms with E-state index in [4.69, 9.17) is 0 Å². The Morgan fingerprint density at radius 1 is 1.10 bits per heavy atom. The van der Waals surface area contributed by atoms with Gasteiger partial charge in [-0.15, -0.1) is 0 Å². The molecule has 20 heavy (non-hydrogen) atoms. The van der Waals surface area contributed by atoms with Crippen LogP contribution in [0.1, 0.15) is 38.8 Å². The molecule has 1 aromatic carbocycles. The van der Waals surface area contributed by atoms with Gasteiger partial charge < -0.3 is 5.32 Å². The van der Waals surface area contributed by atoms with Crippen molar-refractivity contribution < 1.29 is 0 Å². The molecule has 1 atom stereocenters. The predicted octanol–water partition coefficient (Wildman–Crippen LogP) is 3.61. The third-order valence-corrected chi connectivity index (χ3v) is 3.48. The molecule has 2 aromatic rings. The Labute approximate surface area is 122 Å². The first-order valence-corrected chi connectivity index (χ1v) is 7.48. The summed E-state index contributed by atoms with van der Waals surface area (Å²) in [6.45, 7) is 8.89. The Bertz CT molecular complexity index is 502. The fraction of sp³-hybridized carbons (Fsp3) is 0.471. The third-order valence-electron chi connectivity index (χ3n) is 3.48. The average Bonchev–Trinajstić information content (AvgIpc) is 2.93. The highest BCUT2D eigenvalue weighted by atomic mass is 15.3. The Hall–Kier alpha value is -1.61. The summed E-state index contributed by atoms with van der Waals surface area (Å²) in [7, 11) is 0. The first-order valence-electron chi connectivity index (χ1n) is 7.48. The maximum absolute atomic E-state index is 4.46. The van der Waals surface area contributed by atoms with E-state index in [1.54, 1.807) is 0 Å². The molecule has 0 fully saturated rings. The van der Waals surface area contributed by atoms with E-state index < -0.39 is 0 Å². The molecule has 1 N–H and O–H groups in total. The number of rotatable bonds is 7. The average molecular weight is 271 g/mol. The lowest BCUT2D eigenvalue weighted by molar-refractivity contribution is 0.518. The number of aromatic nitrogens is 2. The first-order chi connectivity index (χ1) is 9.68. The van der Waals surface area contributed by atoms with Crippen molar-refractivity contribution >= 4 is 0 Å². The van der Waals surface area contributed by atoms with E-state index in [1.807, 2.05) is 16.9 Å². The molecule has 1 heterocycles. The molecule has 1 unspecified atom stereocenters. The molecule has 0 saturated carbocycles. The summed E-state index contributed by atoms with van der Waals surface area (Å²) in [6.07, 6.45) is 3.02. The zero-order valence-electron chi connectivity index (χ0n) is 12.7. The molecule has 0 aliphatic heterocycles. The van der Waals surface area contributed by atoms with Crippen molar-refractivity contribution in [1.29, 1.82) is 0 Å². The van der Waals surface area contributed by atoms with Crippen LogP contribution < -0.4 is 5.32 Å². The van der Waals surface area contributed by atoms with Crippen molar-refractivity contribution in [3.05, 3.63) is 48.3 Å². The summed E-state index contributed by atoms with van der Waals surface area (Å²) in [5.41, 5.74) is 2.41. The second-order valence-electron chi connectivity index (χ2n) is 5.79. The van der Waals surface area contributed by atoms with Crippen LogP contribution in [-0.2, 0) is 0 Å². The van der Waals surface area contributed by atoms with E-state index in [2.05, 4.69) is 61.5 Å². The number of nitrogens with zero attached hydrogens (tertiary/aromatic N) is 2. The molecule has 0 radical (unpaired) electrons. The Kier molecular flexibility index (Phi) is 5.36. The molecule has 3 heteroatoms. The molecular weight excluding hydrogens is 246 g/mol. The van der Waals surface area contributed by atoms with Crippen LogP contribution in [0.15, 0.2) is 42.6 Å². The van der Waals surface area contributed by atoms with Crippen LogP contribution >= 0.6 is 0 Å². The first kappa shape index (κ1) is 14.8. The van der Waals surface area contributed by atoms with Crippen LogP contribution in [0, 0.1) is 5.92 Å². The zero-order valence-corrected chi connectivity index (χ0v) is 12.7. The number of hydrogen-bond acceptors (Lipinski definition) is 2. The highest BCUT2D eigenvalue weighted by Gasteiger charge is 2.12. The largest absolute Gasteiger partial charge is 0.316 e. The molecule has 0 saturated heterocycles. The summed E-state index contributed by atoms with van der Waals surface area (Å²) < 4.78 is 2.05. The van der Waals surface area contributed by atoms with Gasteiger partial charge in [0.1, 0.15) is 0 Å². The lowest BCUT2D eigenvalue weighted by atomic mass is 10.0. The fourth-order valence-corrected chi connectivity index (χ4v) is 2.33. The Morgan fingerprint density at radius 2 is 1.85 bits per heavy atom. The molecule has 0 spiro atoms. The second-order valence-corrected chi connectivity index (χ2v) is 5.79. The van der Waals surface area contributed by atoms with Gasteiger partial charge in [-0.05, 0) is 49.5 Å². The highest BCUT2D eigenvalue weighted by molar-refractivity contribution is 5.33. The molecule has 0 aliphatic rings. The van der Waals surface area contributed by atoms with Crippen LogP contribution in [0.5, 0.6) is 0 Å². The van der Waals surface area contributed by atoms with E-state index in [0.29, 0.717) is 11.8 Å². The topological polar surface area (TPSA) is 29.9 Å². The molecule has 1 aromatic heterocycles. The smallest absolute Gasteiger partial charge is 0.0648 e. The van der Waals surface area contributed by atoms with E-state index in [-0.39, 0.29) is 0 Å². The zero-order chi connectivity index (χ0) is 14.4. The van der Waals surface area contributed by atoms with Crippen LogP contribution in [0.4, 0.5) is 0 Å². The molecule has 0 bridgehead atoms. The number of benzene rings is 1. The number of para-hydroxylation sites is 1. The van der Waals surface area contributed by atoms with Gasteiger partial charge in [-0.3, -0.25) is 0 Å². The van der Waals surface area contributed by atoms with Gasteiger partial charge in [0.2, 0.25) is 0 Å². The van der Waals surface area contributed by atoms with Gasteiger partial charge in [-0.1, -0.05) is 39.0 Å². The molecule has 2 rings (SSSR count). The summed E-state index contributed by atoms with van der Waals surface area (Å²) >= 11 is 0. The van der Waals surface area contributed by atoms with Crippen LogP contribution in [-0.4, -0.2) is 22.9 Å². The number of hydrogen-bond donors (Lipinski definition) is 1. The second kappa shape index (κ2) is 7.25. The maximum atomic E-state index is 4.46. The van der Waals surface area contributed by atoms with Crippen molar-refractivity contribution in [3.63, 3.8) is 0 Å². The van der Waals surface area contributed by atoms with Crippen molar-refractivity contribution in [3.8, 4) is 5.69 Å². The highest BCUT2D eigenvalue weighted by Crippen LogP contribution is 2.21. The van der Waals surface area contributed by atoms with Gasteiger partial charge in [-0.2, -0.15) is 5.10 Å². The van der Waals surface area contributed by atoms with E-state index in [9.17, 15) is 0 Å². The minimum absolute atomic E-state index is 0.498. The number of nitrogens with one attached hydrogen (secondary N) is 1. The van der Waals surface area contributed by atoms with Gasteiger partial charge in [-0.25, -0.2) is 4.68 Å². The van der Waals surface area contributed by atoms with Crippen LogP contribution in [0.2, 0.25) is 0 Å². The Morgan fingerprint density at radius 3 is 2.55 bits per heavy atom. The normalized spacial score (nSPS) is 12.8. The minimum atomic E-state index is 0.498. The van der Waals surface area contributed by atoms with Gasteiger partial charge in [0.05, 0.1) is 5.69 Å². The van der Waals surface area contributed by atoms with Crippen molar-refractivity contribution in [2.45, 2.75) is 33.1 Å². The van der Waals surface area contributed by atoms with Crippen LogP contribution in [0.3, 0.4) is 0 Å². The van der Waals surface area contributed by atoms with Gasteiger partial charge in [0.25, 0.3) is 0 Å². The van der Waals surface area contributed by atoms with Crippen LogP contribution in [0.25, 0.3) is 5.69 Å². The van der Waals surface area contributed by atoms with Gasteiger partial charge in [0.15, 0.2) is 0 Å². The predicted molar refractivity (Wildman–Crippen MR) is 84.3 cm³/mol. The summed E-state index contributed by atoms with van der Waals surface area (Å²) in [4.78, 5) is 0. The monoisotopic (exact) mass is 271 g/mol. The van der Waals surface area contributed by atoms with E-state index in [1.165, 1.54) is 5.69 Å². The summed E-state index contributed by atoms with van der Waals surface area (Å²) in [5.74, 6) is 1.21. The van der Waals surface area contributed by atoms with Gasteiger partial charge >= 0.3 is 0 Å². The molecular formula is C17H25N3. The fourth-order valence-electron chi connectivity index (χ4n) is 2.33. The summed E-state index contributed by atoms with van der Waals surface area (Å²) in [6, 6.07) is 12.5. The van der Waals surface area contributed by atoms with Gasteiger partial charge in [0, 0.05) is 11.9 Å². The van der Waals surface area contributed by atoms with Crippen molar-refractivity contribution in [2.75, 3.05) is 13.1 Å². The summed E-state index contributed by atoms with van der Waals surface area (Å²) in [5, 5.41) is 7.97.